The van der Waals surface area contributed by atoms with E-state index in [0.29, 0.717) is 0 Å². The monoisotopic (exact) mass is 132 g/mol. The van der Waals surface area contributed by atoms with Gasteiger partial charge in [-0.15, -0.1) is 0 Å². The van der Waals surface area contributed by atoms with Gasteiger partial charge in [-0.1, -0.05) is 6.92 Å². The second-order valence-corrected chi connectivity index (χ2v) is 1.65. The Morgan fingerprint density at radius 1 is 1.67 bits per heavy atom. The summed E-state index contributed by atoms with van der Waals surface area (Å²) in [6.07, 6.45) is 0.795. The molecule has 3 heteroatoms. The van der Waals surface area contributed by atoms with Crippen molar-refractivity contribution in [2.45, 2.75) is 26.4 Å². The van der Waals surface area contributed by atoms with Crippen LogP contribution < -0.4 is 0 Å². The molecule has 0 aliphatic carbocycles. The number of rotatable bonds is 1. The minimum atomic E-state index is -0.0440. The zero-order valence-corrected chi connectivity index (χ0v) is 5.76. The van der Waals surface area contributed by atoms with E-state index in [1.165, 1.54) is 0 Å². The summed E-state index contributed by atoms with van der Waals surface area (Å²) in [5, 5.41) is 7.57. The van der Waals surface area contributed by atoms with Crippen molar-refractivity contribution in [3.63, 3.8) is 0 Å². The van der Waals surface area contributed by atoms with E-state index >= 15 is 0 Å². The first-order valence-electron chi connectivity index (χ1n) is 3.07. The SMILES string of the molecule is CCC1OC1=O.CCO. The standard InChI is InChI=1S/C4H6O2.C2H6O/c1-2-3-4(5)6-3;1-2-3/h3H,2H2,1H3;3H,2H2,1H3. The van der Waals surface area contributed by atoms with Gasteiger partial charge in [0.1, 0.15) is 0 Å². The minimum absolute atomic E-state index is 0.0370. The van der Waals surface area contributed by atoms with Crippen LogP contribution in [0.15, 0.2) is 0 Å². The van der Waals surface area contributed by atoms with Crippen LogP contribution in [0.4, 0.5) is 0 Å². The molecule has 0 spiro atoms. The zero-order valence-electron chi connectivity index (χ0n) is 5.76. The highest BCUT2D eigenvalue weighted by Crippen LogP contribution is 2.14. The molecule has 0 aromatic rings. The third-order valence-electron chi connectivity index (χ3n) is 0.835. The Kier molecular flexibility index (Phi) is 4.05. The van der Waals surface area contributed by atoms with E-state index in [0.717, 1.165) is 6.42 Å². The van der Waals surface area contributed by atoms with Gasteiger partial charge in [0.2, 0.25) is 0 Å². The third kappa shape index (κ3) is 3.97. The van der Waals surface area contributed by atoms with E-state index in [2.05, 4.69) is 4.74 Å². The topological polar surface area (TPSA) is 49.8 Å². The molecule has 54 valence electrons. The number of aliphatic hydroxyl groups excluding tert-OH is 1. The number of ether oxygens (including phenoxy) is 1. The van der Waals surface area contributed by atoms with Crippen LogP contribution in [0.1, 0.15) is 20.3 Å². The molecule has 1 aliphatic rings. The van der Waals surface area contributed by atoms with Gasteiger partial charge in [0.05, 0.1) is 0 Å². The fourth-order valence-corrected chi connectivity index (χ4v) is 0.356. The lowest BCUT2D eigenvalue weighted by Gasteiger charge is -1.65. The van der Waals surface area contributed by atoms with Crippen molar-refractivity contribution in [1.82, 2.24) is 0 Å². The van der Waals surface area contributed by atoms with Crippen molar-refractivity contribution in [2.75, 3.05) is 6.61 Å². The van der Waals surface area contributed by atoms with Gasteiger partial charge in [0.15, 0.2) is 6.10 Å². The van der Waals surface area contributed by atoms with Crippen molar-refractivity contribution in [1.29, 1.82) is 0 Å². The lowest BCUT2D eigenvalue weighted by Crippen LogP contribution is -1.78. The van der Waals surface area contributed by atoms with E-state index in [1.54, 1.807) is 6.92 Å². The maximum atomic E-state index is 9.90. The number of carbonyl (C=O) groups is 1. The molecule has 1 saturated heterocycles. The van der Waals surface area contributed by atoms with Gasteiger partial charge in [0, 0.05) is 6.61 Å². The number of hydrogen-bond donors (Lipinski definition) is 1. The maximum absolute atomic E-state index is 9.90. The van der Waals surface area contributed by atoms with Gasteiger partial charge in [-0.3, -0.25) is 0 Å². The maximum Gasteiger partial charge on any atom is 0.348 e. The summed E-state index contributed by atoms with van der Waals surface area (Å²) in [5.41, 5.74) is 0. The van der Waals surface area contributed by atoms with Crippen LogP contribution in [0.2, 0.25) is 0 Å². The molecule has 1 aliphatic heterocycles. The van der Waals surface area contributed by atoms with Gasteiger partial charge in [-0.2, -0.15) is 0 Å². The Morgan fingerprint density at radius 3 is 2.00 bits per heavy atom. The van der Waals surface area contributed by atoms with Crippen molar-refractivity contribution in [2.24, 2.45) is 0 Å². The minimum Gasteiger partial charge on any atom is -0.448 e. The van der Waals surface area contributed by atoms with E-state index in [4.69, 9.17) is 5.11 Å². The fourth-order valence-electron chi connectivity index (χ4n) is 0.356. The normalized spacial score (nSPS) is 21.7. The smallest absolute Gasteiger partial charge is 0.348 e. The molecule has 1 N–H and O–H groups in total. The number of aliphatic hydroxyl groups is 1. The van der Waals surface area contributed by atoms with Crippen LogP contribution in [0.25, 0.3) is 0 Å². The zero-order chi connectivity index (χ0) is 7.28. The molecule has 9 heavy (non-hydrogen) atoms. The highest BCUT2D eigenvalue weighted by atomic mass is 16.6. The number of cyclic esters (lactones) is 1. The molecule has 1 fully saturated rings. The highest BCUT2D eigenvalue weighted by molar-refractivity contribution is 5.86. The summed E-state index contributed by atoms with van der Waals surface area (Å²) in [7, 11) is 0. The molecule has 0 bridgehead atoms. The predicted octanol–water partition coefficient (Wildman–Crippen LogP) is 0.320. The Labute approximate surface area is 54.6 Å². The summed E-state index contributed by atoms with van der Waals surface area (Å²) in [4.78, 5) is 9.90. The van der Waals surface area contributed by atoms with Gasteiger partial charge in [-0.05, 0) is 13.3 Å². The van der Waals surface area contributed by atoms with Crippen LogP contribution in [-0.2, 0) is 9.53 Å². The number of hydrogen-bond acceptors (Lipinski definition) is 3. The van der Waals surface area contributed by atoms with Crippen molar-refractivity contribution in [3.05, 3.63) is 0 Å². The Bertz CT molecular complexity index is 90.3. The second-order valence-electron chi connectivity index (χ2n) is 1.65. The average Bonchev–Trinajstić information content (AvgIpc) is 2.49. The molecule has 1 heterocycles. The first-order valence-corrected chi connectivity index (χ1v) is 3.07. The Balaban J connectivity index is 0.000000187. The Hall–Kier alpha value is -0.570. The first kappa shape index (κ1) is 8.43. The number of epoxide rings is 1. The van der Waals surface area contributed by atoms with Crippen molar-refractivity contribution >= 4 is 5.97 Å². The van der Waals surface area contributed by atoms with Crippen LogP contribution in [-0.4, -0.2) is 23.8 Å². The van der Waals surface area contributed by atoms with E-state index < -0.39 is 0 Å². The quantitative estimate of drug-likeness (QED) is 0.523. The molecule has 0 aromatic heterocycles. The largest absolute Gasteiger partial charge is 0.448 e. The van der Waals surface area contributed by atoms with Crippen LogP contribution >= 0.6 is 0 Å². The molecule has 3 nitrogen and oxygen atoms in total. The van der Waals surface area contributed by atoms with E-state index in [9.17, 15) is 4.79 Å². The van der Waals surface area contributed by atoms with Crippen LogP contribution in [0.5, 0.6) is 0 Å². The molecular weight excluding hydrogens is 120 g/mol. The summed E-state index contributed by atoms with van der Waals surface area (Å²) in [6.45, 7) is 3.86. The summed E-state index contributed by atoms with van der Waals surface area (Å²) in [6, 6.07) is 0. The molecule has 0 saturated carbocycles. The first-order chi connectivity index (χ1) is 4.26. The second kappa shape index (κ2) is 4.32. The van der Waals surface area contributed by atoms with E-state index in [1.807, 2.05) is 6.92 Å². The van der Waals surface area contributed by atoms with E-state index in [-0.39, 0.29) is 18.7 Å². The molecular formula is C6H12O3. The molecule has 0 amide bonds. The van der Waals surface area contributed by atoms with Crippen molar-refractivity contribution in [3.8, 4) is 0 Å². The lowest BCUT2D eigenvalue weighted by atomic mass is 10.4. The van der Waals surface area contributed by atoms with Crippen LogP contribution in [0, 0.1) is 0 Å². The molecule has 0 radical (unpaired) electrons. The number of carbonyl (C=O) groups excluding carboxylic acids is 1. The third-order valence-corrected chi connectivity index (χ3v) is 0.835. The molecule has 1 rings (SSSR count). The highest BCUT2D eigenvalue weighted by Gasteiger charge is 2.35. The van der Waals surface area contributed by atoms with Gasteiger partial charge < -0.3 is 9.84 Å². The summed E-state index contributed by atoms with van der Waals surface area (Å²) >= 11 is 0. The summed E-state index contributed by atoms with van der Waals surface area (Å²) in [5.74, 6) is -0.0440. The summed E-state index contributed by atoms with van der Waals surface area (Å²) < 4.78 is 4.43. The molecule has 0 aromatic carbocycles. The fraction of sp³-hybridized carbons (Fsp3) is 0.833. The molecule has 1 unspecified atom stereocenters. The van der Waals surface area contributed by atoms with Gasteiger partial charge in [-0.25, -0.2) is 4.79 Å². The predicted molar refractivity (Wildman–Crippen MR) is 32.9 cm³/mol. The lowest BCUT2D eigenvalue weighted by molar-refractivity contribution is -0.117. The van der Waals surface area contributed by atoms with Crippen LogP contribution in [0.3, 0.4) is 0 Å². The molecule has 1 atom stereocenters. The van der Waals surface area contributed by atoms with Crippen molar-refractivity contribution < 1.29 is 14.6 Å². The van der Waals surface area contributed by atoms with Gasteiger partial charge >= 0.3 is 5.97 Å². The average molecular weight is 132 g/mol. The van der Waals surface area contributed by atoms with Gasteiger partial charge in [0.25, 0.3) is 0 Å². The Morgan fingerprint density at radius 2 is 2.00 bits per heavy atom.